The van der Waals surface area contributed by atoms with E-state index >= 15 is 0 Å². The van der Waals surface area contributed by atoms with Crippen LogP contribution in [-0.2, 0) is 10.2 Å². The summed E-state index contributed by atoms with van der Waals surface area (Å²) in [6, 6.07) is 8.66. The third kappa shape index (κ3) is 7.28. The molecule has 1 aromatic carbocycles. The van der Waals surface area contributed by atoms with Crippen molar-refractivity contribution >= 4 is 45.9 Å². The van der Waals surface area contributed by atoms with Crippen LogP contribution in [0.2, 0.25) is 0 Å². The maximum Gasteiger partial charge on any atom is 0.191 e. The molecule has 6 heteroatoms. The molecule has 0 heterocycles. The molecular weight excluding hydrogens is 457 g/mol. The van der Waals surface area contributed by atoms with Gasteiger partial charge < -0.3 is 15.4 Å². The van der Waals surface area contributed by atoms with Crippen LogP contribution in [0.3, 0.4) is 0 Å². The predicted molar refractivity (Wildman–Crippen MR) is 108 cm³/mol. The van der Waals surface area contributed by atoms with Gasteiger partial charge >= 0.3 is 0 Å². The van der Waals surface area contributed by atoms with Crippen LogP contribution in [0.15, 0.2) is 33.7 Å². The second kappa shape index (κ2) is 10.4. The fraction of sp³-hybridized carbons (Fsp3) is 0.562. The number of benzene rings is 1. The molecule has 0 saturated carbocycles. The molecule has 1 unspecified atom stereocenters. The summed E-state index contributed by atoms with van der Waals surface area (Å²) in [5.41, 5.74) is 1.31. The van der Waals surface area contributed by atoms with Crippen molar-refractivity contribution in [2.45, 2.75) is 32.2 Å². The molecule has 1 rings (SSSR count). The van der Waals surface area contributed by atoms with Crippen LogP contribution < -0.4 is 10.6 Å². The van der Waals surface area contributed by atoms with E-state index in [-0.39, 0.29) is 35.4 Å². The summed E-state index contributed by atoms with van der Waals surface area (Å²) in [7, 11) is 3.48. The second-order valence-corrected chi connectivity index (χ2v) is 6.73. The highest BCUT2D eigenvalue weighted by atomic mass is 127. The molecule has 0 aromatic heterocycles. The molecule has 1 aromatic rings. The highest BCUT2D eigenvalue weighted by Gasteiger charge is 2.21. The largest absolute Gasteiger partial charge is 0.383 e. The van der Waals surface area contributed by atoms with E-state index < -0.39 is 0 Å². The Hall–Kier alpha value is -0.340. The molecule has 0 aliphatic rings. The van der Waals surface area contributed by atoms with Crippen molar-refractivity contribution in [1.29, 1.82) is 0 Å². The Morgan fingerprint density at radius 1 is 1.32 bits per heavy atom. The fourth-order valence-electron chi connectivity index (χ4n) is 2.03. The molecule has 0 amide bonds. The van der Waals surface area contributed by atoms with Gasteiger partial charge in [-0.3, -0.25) is 4.99 Å². The number of hydrogen-bond donors (Lipinski definition) is 2. The van der Waals surface area contributed by atoms with Gasteiger partial charge in [0.15, 0.2) is 5.96 Å². The zero-order chi connectivity index (χ0) is 15.9. The average molecular weight is 484 g/mol. The first-order chi connectivity index (χ1) is 9.89. The number of halogens is 2. The standard InChI is InChI=1S/C16H26BrN3O.HI/c1-12(10-21-5)20-15(18-4)19-11-16(2,3)13-6-8-14(17)9-7-13;/h6-9,12H,10-11H2,1-5H3,(H2,18,19,20);1H. The van der Waals surface area contributed by atoms with Crippen molar-refractivity contribution in [2.75, 3.05) is 27.3 Å². The van der Waals surface area contributed by atoms with Crippen LogP contribution in [0.5, 0.6) is 0 Å². The minimum Gasteiger partial charge on any atom is -0.383 e. The van der Waals surface area contributed by atoms with Crippen LogP contribution in [0, 0.1) is 0 Å². The van der Waals surface area contributed by atoms with E-state index in [0.717, 1.165) is 17.0 Å². The Balaban J connectivity index is 0.00000441. The Morgan fingerprint density at radius 2 is 1.91 bits per heavy atom. The average Bonchev–Trinajstić information content (AvgIpc) is 2.44. The minimum atomic E-state index is 0. The fourth-order valence-corrected chi connectivity index (χ4v) is 2.29. The van der Waals surface area contributed by atoms with Gasteiger partial charge in [0.05, 0.1) is 6.61 Å². The molecule has 0 bridgehead atoms. The molecule has 2 N–H and O–H groups in total. The summed E-state index contributed by atoms with van der Waals surface area (Å²) < 4.78 is 6.22. The summed E-state index contributed by atoms with van der Waals surface area (Å²) in [5, 5.41) is 6.69. The maximum absolute atomic E-state index is 5.13. The van der Waals surface area contributed by atoms with E-state index in [4.69, 9.17) is 4.74 Å². The molecule has 0 fully saturated rings. The van der Waals surface area contributed by atoms with Crippen LogP contribution in [0.25, 0.3) is 0 Å². The number of aliphatic imine (C=N–C) groups is 1. The summed E-state index contributed by atoms with van der Waals surface area (Å²) in [5.74, 6) is 0.796. The SMILES string of the molecule is CN=C(NCC(C)(C)c1ccc(Br)cc1)NC(C)COC.I. The van der Waals surface area contributed by atoms with E-state index in [1.54, 1.807) is 14.2 Å². The Kier molecular flexibility index (Phi) is 10.3. The molecule has 0 radical (unpaired) electrons. The summed E-state index contributed by atoms with van der Waals surface area (Å²) in [6.07, 6.45) is 0. The van der Waals surface area contributed by atoms with Crippen molar-refractivity contribution in [1.82, 2.24) is 10.6 Å². The van der Waals surface area contributed by atoms with E-state index in [9.17, 15) is 0 Å². The number of hydrogen-bond acceptors (Lipinski definition) is 2. The highest BCUT2D eigenvalue weighted by Crippen LogP contribution is 2.23. The van der Waals surface area contributed by atoms with Crippen molar-refractivity contribution < 1.29 is 4.74 Å². The molecule has 126 valence electrons. The minimum absolute atomic E-state index is 0. The first kappa shape index (κ1) is 21.7. The lowest BCUT2D eigenvalue weighted by atomic mass is 9.85. The number of nitrogens with zero attached hydrogens (tertiary/aromatic N) is 1. The summed E-state index contributed by atoms with van der Waals surface area (Å²) in [4.78, 5) is 4.25. The van der Waals surface area contributed by atoms with Crippen molar-refractivity contribution in [3.05, 3.63) is 34.3 Å². The summed E-state index contributed by atoms with van der Waals surface area (Å²) >= 11 is 3.47. The molecule has 0 aliphatic heterocycles. The topological polar surface area (TPSA) is 45.7 Å². The first-order valence-electron chi connectivity index (χ1n) is 7.11. The normalized spacial score (nSPS) is 13.3. The highest BCUT2D eigenvalue weighted by molar-refractivity contribution is 14.0. The molecular formula is C16H27BrIN3O. The monoisotopic (exact) mass is 483 g/mol. The molecule has 0 saturated heterocycles. The zero-order valence-electron chi connectivity index (χ0n) is 13.9. The summed E-state index contributed by atoms with van der Waals surface area (Å²) in [6.45, 7) is 7.95. The molecule has 4 nitrogen and oxygen atoms in total. The Morgan fingerprint density at radius 3 is 2.41 bits per heavy atom. The van der Waals surface area contributed by atoms with E-state index in [1.165, 1.54) is 5.56 Å². The molecule has 0 aliphatic carbocycles. The van der Waals surface area contributed by atoms with Crippen LogP contribution in [-0.4, -0.2) is 39.3 Å². The van der Waals surface area contributed by atoms with Crippen molar-refractivity contribution in [3.63, 3.8) is 0 Å². The third-order valence-electron chi connectivity index (χ3n) is 3.35. The van der Waals surface area contributed by atoms with Gasteiger partial charge in [0, 0.05) is 36.6 Å². The van der Waals surface area contributed by atoms with Gasteiger partial charge in [0.25, 0.3) is 0 Å². The number of methoxy groups -OCH3 is 1. The Labute approximate surface area is 159 Å². The lowest BCUT2D eigenvalue weighted by Crippen LogP contribution is -2.47. The molecule has 22 heavy (non-hydrogen) atoms. The quantitative estimate of drug-likeness (QED) is 0.369. The van der Waals surface area contributed by atoms with E-state index in [2.05, 4.69) is 76.6 Å². The van der Waals surface area contributed by atoms with Gasteiger partial charge in [-0.1, -0.05) is 41.9 Å². The predicted octanol–water partition coefficient (Wildman–Crippen LogP) is 3.54. The van der Waals surface area contributed by atoms with Gasteiger partial charge in [-0.05, 0) is 24.6 Å². The number of guanidine groups is 1. The molecule has 1 atom stereocenters. The smallest absolute Gasteiger partial charge is 0.191 e. The second-order valence-electron chi connectivity index (χ2n) is 5.82. The maximum atomic E-state index is 5.13. The van der Waals surface area contributed by atoms with Gasteiger partial charge in [0.2, 0.25) is 0 Å². The Bertz CT molecular complexity index is 463. The lowest BCUT2D eigenvalue weighted by molar-refractivity contribution is 0.179. The lowest BCUT2D eigenvalue weighted by Gasteiger charge is -2.27. The zero-order valence-corrected chi connectivity index (χ0v) is 17.9. The van der Waals surface area contributed by atoms with Gasteiger partial charge in [0.1, 0.15) is 0 Å². The van der Waals surface area contributed by atoms with Gasteiger partial charge in [-0.15, -0.1) is 24.0 Å². The van der Waals surface area contributed by atoms with Crippen LogP contribution >= 0.6 is 39.9 Å². The number of ether oxygens (including phenoxy) is 1. The van der Waals surface area contributed by atoms with Crippen LogP contribution in [0.1, 0.15) is 26.3 Å². The van der Waals surface area contributed by atoms with Gasteiger partial charge in [-0.2, -0.15) is 0 Å². The van der Waals surface area contributed by atoms with Crippen LogP contribution in [0.4, 0.5) is 0 Å². The number of rotatable bonds is 6. The first-order valence-corrected chi connectivity index (χ1v) is 7.90. The van der Waals surface area contributed by atoms with Crippen molar-refractivity contribution in [2.24, 2.45) is 4.99 Å². The van der Waals surface area contributed by atoms with Gasteiger partial charge in [-0.25, -0.2) is 0 Å². The van der Waals surface area contributed by atoms with E-state index in [0.29, 0.717) is 6.61 Å². The third-order valence-corrected chi connectivity index (χ3v) is 3.88. The van der Waals surface area contributed by atoms with Crippen molar-refractivity contribution in [3.8, 4) is 0 Å². The molecule has 0 spiro atoms. The van der Waals surface area contributed by atoms with E-state index in [1.807, 2.05) is 0 Å². The number of nitrogens with one attached hydrogen (secondary N) is 2.